The van der Waals surface area contributed by atoms with Crippen molar-refractivity contribution in [1.29, 1.82) is 0 Å². The molecule has 0 aliphatic heterocycles. The molecule has 5 heteroatoms. The molecule has 0 atom stereocenters. The number of ether oxygens (including phenoxy) is 1. The number of hydrogen-bond acceptors (Lipinski definition) is 4. The molecule has 0 spiro atoms. The van der Waals surface area contributed by atoms with Crippen LogP contribution in [0.15, 0.2) is 24.4 Å². The average molecular weight is 276 g/mol. The SMILES string of the molecule is COC(=O)C1CCC(NC(=O)Cc2ccccn2)CC1. The maximum absolute atomic E-state index is 11.9. The van der Waals surface area contributed by atoms with Crippen LogP contribution in [0.3, 0.4) is 0 Å². The Bertz CT molecular complexity index is 453. The molecule has 0 aromatic carbocycles. The highest BCUT2D eigenvalue weighted by Crippen LogP contribution is 2.25. The van der Waals surface area contributed by atoms with Crippen molar-refractivity contribution in [3.8, 4) is 0 Å². The van der Waals surface area contributed by atoms with Crippen LogP contribution >= 0.6 is 0 Å². The number of carbonyl (C=O) groups is 2. The molecule has 0 radical (unpaired) electrons. The molecule has 20 heavy (non-hydrogen) atoms. The molecule has 0 unspecified atom stereocenters. The molecule has 1 aliphatic rings. The first kappa shape index (κ1) is 14.5. The summed E-state index contributed by atoms with van der Waals surface area (Å²) in [6, 6.07) is 5.70. The zero-order valence-corrected chi connectivity index (χ0v) is 11.7. The summed E-state index contributed by atoms with van der Waals surface area (Å²) in [5.74, 6) is -0.155. The van der Waals surface area contributed by atoms with Crippen LogP contribution in [-0.4, -0.2) is 30.0 Å². The van der Waals surface area contributed by atoms with Crippen LogP contribution < -0.4 is 5.32 Å². The molecular formula is C15H20N2O3. The Morgan fingerprint density at radius 1 is 1.30 bits per heavy atom. The van der Waals surface area contributed by atoms with Gasteiger partial charge in [0.25, 0.3) is 0 Å². The summed E-state index contributed by atoms with van der Waals surface area (Å²) in [7, 11) is 1.42. The Hall–Kier alpha value is -1.91. The fraction of sp³-hybridized carbons (Fsp3) is 0.533. The van der Waals surface area contributed by atoms with Crippen molar-refractivity contribution >= 4 is 11.9 Å². The van der Waals surface area contributed by atoms with Crippen LogP contribution in [0.2, 0.25) is 0 Å². The van der Waals surface area contributed by atoms with Crippen LogP contribution in [0, 0.1) is 5.92 Å². The van der Waals surface area contributed by atoms with Gasteiger partial charge in [-0.2, -0.15) is 0 Å². The van der Waals surface area contributed by atoms with Crippen molar-refractivity contribution in [2.75, 3.05) is 7.11 Å². The monoisotopic (exact) mass is 276 g/mol. The van der Waals surface area contributed by atoms with Crippen molar-refractivity contribution in [2.45, 2.75) is 38.1 Å². The van der Waals surface area contributed by atoms with E-state index in [0.29, 0.717) is 6.42 Å². The highest BCUT2D eigenvalue weighted by atomic mass is 16.5. The lowest BCUT2D eigenvalue weighted by Crippen LogP contribution is -2.39. The van der Waals surface area contributed by atoms with E-state index >= 15 is 0 Å². The summed E-state index contributed by atoms with van der Waals surface area (Å²) in [6.45, 7) is 0. The molecule has 1 saturated carbocycles. The fourth-order valence-corrected chi connectivity index (χ4v) is 2.59. The van der Waals surface area contributed by atoms with E-state index in [4.69, 9.17) is 4.74 Å². The average Bonchev–Trinajstić information content (AvgIpc) is 2.48. The summed E-state index contributed by atoms with van der Waals surface area (Å²) >= 11 is 0. The Kier molecular flexibility index (Phi) is 5.09. The maximum Gasteiger partial charge on any atom is 0.308 e. The third kappa shape index (κ3) is 4.05. The summed E-state index contributed by atoms with van der Waals surface area (Å²) in [4.78, 5) is 27.5. The first-order valence-electron chi connectivity index (χ1n) is 6.96. The van der Waals surface area contributed by atoms with Gasteiger partial charge in [0.2, 0.25) is 5.91 Å². The van der Waals surface area contributed by atoms with Crippen molar-refractivity contribution in [3.63, 3.8) is 0 Å². The number of rotatable bonds is 4. The molecule has 1 heterocycles. The number of nitrogens with one attached hydrogen (secondary N) is 1. The van der Waals surface area contributed by atoms with Gasteiger partial charge < -0.3 is 10.1 Å². The second-order valence-electron chi connectivity index (χ2n) is 5.14. The zero-order valence-electron chi connectivity index (χ0n) is 11.7. The van der Waals surface area contributed by atoms with Gasteiger partial charge in [-0.25, -0.2) is 0 Å². The Labute approximate surface area is 118 Å². The predicted molar refractivity (Wildman–Crippen MR) is 73.8 cm³/mol. The Balaban J connectivity index is 1.75. The highest BCUT2D eigenvalue weighted by molar-refractivity contribution is 5.78. The molecule has 0 bridgehead atoms. The van der Waals surface area contributed by atoms with Crippen molar-refractivity contribution < 1.29 is 14.3 Å². The van der Waals surface area contributed by atoms with Crippen molar-refractivity contribution in [1.82, 2.24) is 10.3 Å². The normalized spacial score (nSPS) is 22.1. The fourth-order valence-electron chi connectivity index (χ4n) is 2.59. The van der Waals surface area contributed by atoms with Crippen LogP contribution in [0.5, 0.6) is 0 Å². The van der Waals surface area contributed by atoms with Crippen molar-refractivity contribution in [2.24, 2.45) is 5.92 Å². The standard InChI is InChI=1S/C15H20N2O3/c1-20-15(19)11-5-7-12(8-6-11)17-14(18)10-13-4-2-3-9-16-13/h2-4,9,11-12H,5-8,10H2,1H3,(H,17,18). The minimum absolute atomic E-state index is 0.00906. The molecule has 1 aromatic heterocycles. The van der Waals surface area contributed by atoms with E-state index < -0.39 is 0 Å². The lowest BCUT2D eigenvalue weighted by Gasteiger charge is -2.27. The third-order valence-electron chi connectivity index (χ3n) is 3.69. The lowest BCUT2D eigenvalue weighted by atomic mass is 9.86. The van der Waals surface area contributed by atoms with Gasteiger partial charge in [0.1, 0.15) is 0 Å². The van der Waals surface area contributed by atoms with E-state index in [-0.39, 0.29) is 23.8 Å². The minimum Gasteiger partial charge on any atom is -0.469 e. The second kappa shape index (κ2) is 7.03. The van der Waals surface area contributed by atoms with Crippen LogP contribution in [0.4, 0.5) is 0 Å². The first-order valence-corrected chi connectivity index (χ1v) is 6.96. The van der Waals surface area contributed by atoms with Gasteiger partial charge in [0.15, 0.2) is 0 Å². The predicted octanol–water partition coefficient (Wildman–Crippen LogP) is 1.47. The number of hydrogen-bond donors (Lipinski definition) is 1. The minimum atomic E-state index is -0.136. The van der Waals surface area contributed by atoms with Gasteiger partial charge in [-0.15, -0.1) is 0 Å². The van der Waals surface area contributed by atoms with Crippen LogP contribution in [-0.2, 0) is 20.7 Å². The van der Waals surface area contributed by atoms with Gasteiger partial charge in [-0.3, -0.25) is 14.6 Å². The molecule has 0 saturated heterocycles. The van der Waals surface area contributed by atoms with Crippen molar-refractivity contribution in [3.05, 3.63) is 30.1 Å². The van der Waals surface area contributed by atoms with Gasteiger partial charge >= 0.3 is 5.97 Å². The molecule has 5 nitrogen and oxygen atoms in total. The van der Waals surface area contributed by atoms with Crippen LogP contribution in [0.25, 0.3) is 0 Å². The topological polar surface area (TPSA) is 68.3 Å². The van der Waals surface area contributed by atoms with Gasteiger partial charge in [0, 0.05) is 17.9 Å². The van der Waals surface area contributed by atoms with E-state index in [2.05, 4.69) is 10.3 Å². The summed E-state index contributed by atoms with van der Waals surface area (Å²) in [6.07, 6.45) is 5.20. The number of esters is 1. The zero-order chi connectivity index (χ0) is 14.4. The van der Waals surface area contributed by atoms with Gasteiger partial charge in [-0.05, 0) is 37.8 Å². The maximum atomic E-state index is 11.9. The Morgan fingerprint density at radius 3 is 2.65 bits per heavy atom. The molecule has 2 rings (SSSR count). The lowest BCUT2D eigenvalue weighted by molar-refractivity contribution is -0.146. The quantitative estimate of drug-likeness (QED) is 0.846. The number of methoxy groups -OCH3 is 1. The second-order valence-corrected chi connectivity index (χ2v) is 5.14. The first-order chi connectivity index (χ1) is 9.69. The van der Waals surface area contributed by atoms with Gasteiger partial charge in [0.05, 0.1) is 19.4 Å². The van der Waals surface area contributed by atoms with Crippen LogP contribution in [0.1, 0.15) is 31.4 Å². The molecule has 1 fully saturated rings. The molecule has 108 valence electrons. The van der Waals surface area contributed by atoms with Gasteiger partial charge in [-0.1, -0.05) is 6.07 Å². The Morgan fingerprint density at radius 2 is 2.05 bits per heavy atom. The molecular weight excluding hydrogens is 256 g/mol. The molecule has 1 N–H and O–H groups in total. The van der Waals surface area contributed by atoms with E-state index in [1.165, 1.54) is 7.11 Å². The highest BCUT2D eigenvalue weighted by Gasteiger charge is 2.27. The number of aromatic nitrogens is 1. The number of nitrogens with zero attached hydrogens (tertiary/aromatic N) is 1. The summed E-state index contributed by atoms with van der Waals surface area (Å²) in [5.41, 5.74) is 0.772. The molecule has 1 amide bonds. The smallest absolute Gasteiger partial charge is 0.308 e. The van der Waals surface area contributed by atoms with E-state index in [0.717, 1.165) is 31.4 Å². The molecule has 1 aliphatic carbocycles. The summed E-state index contributed by atoms with van der Waals surface area (Å²) in [5, 5.41) is 3.01. The largest absolute Gasteiger partial charge is 0.469 e. The third-order valence-corrected chi connectivity index (χ3v) is 3.69. The number of carbonyl (C=O) groups excluding carboxylic acids is 2. The molecule has 1 aromatic rings. The van der Waals surface area contributed by atoms with E-state index in [9.17, 15) is 9.59 Å². The number of amides is 1. The van der Waals surface area contributed by atoms with E-state index in [1.54, 1.807) is 6.20 Å². The summed E-state index contributed by atoms with van der Waals surface area (Å²) < 4.78 is 4.75. The number of pyridine rings is 1. The van der Waals surface area contributed by atoms with E-state index in [1.807, 2.05) is 18.2 Å².